The fraction of sp³-hybridized carbons (Fsp3) is 0.182. The van der Waals surface area contributed by atoms with Gasteiger partial charge in [-0.05, 0) is 12.1 Å². The van der Waals surface area contributed by atoms with E-state index in [1.807, 2.05) is 0 Å². The molecule has 0 aliphatic heterocycles. The first-order valence-corrected chi connectivity index (χ1v) is 4.70. The van der Waals surface area contributed by atoms with Gasteiger partial charge in [-0.2, -0.15) is 18.2 Å². The van der Waals surface area contributed by atoms with E-state index in [1.54, 1.807) is 6.07 Å². The number of benzene rings is 1. The number of hydrogen-bond acceptors (Lipinski definition) is 3. The van der Waals surface area contributed by atoms with Crippen molar-refractivity contribution >= 4 is 17.6 Å². The molecule has 7 heteroatoms. The Labute approximate surface area is 100 Å². The third kappa shape index (κ3) is 3.41. The number of nitrogens with zero attached hydrogens (tertiary/aromatic N) is 1. The Morgan fingerprint density at radius 2 is 1.72 bits per heavy atom. The zero-order chi connectivity index (χ0) is 13.8. The highest BCUT2D eigenvalue weighted by Crippen LogP contribution is 2.19. The Morgan fingerprint density at radius 1 is 1.17 bits per heavy atom. The predicted molar refractivity (Wildman–Crippen MR) is 56.3 cm³/mol. The fourth-order valence-electron chi connectivity index (χ4n) is 1.07. The van der Waals surface area contributed by atoms with Crippen LogP contribution in [0.5, 0.6) is 0 Å². The summed E-state index contributed by atoms with van der Waals surface area (Å²) in [5.74, 6) is -2.86. The Balaban J connectivity index is 3.11. The van der Waals surface area contributed by atoms with E-state index in [9.17, 15) is 22.8 Å². The summed E-state index contributed by atoms with van der Waals surface area (Å²) in [5.41, 5.74) is -1.93. The van der Waals surface area contributed by atoms with Crippen molar-refractivity contribution in [2.24, 2.45) is 4.99 Å². The van der Waals surface area contributed by atoms with Gasteiger partial charge < -0.3 is 4.74 Å². The standard InChI is InChI=1S/C11H8F3NO3/c1-18-10(17)8(11(12,13)14)15-9(16)7-5-3-2-4-6-7/h2-6H,1H3/b15-8-. The van der Waals surface area contributed by atoms with Crippen LogP contribution in [0.2, 0.25) is 0 Å². The molecular weight excluding hydrogens is 251 g/mol. The molecule has 0 aromatic heterocycles. The molecule has 0 radical (unpaired) electrons. The van der Waals surface area contributed by atoms with Gasteiger partial charge in [-0.1, -0.05) is 18.2 Å². The largest absolute Gasteiger partial charge is 0.464 e. The summed E-state index contributed by atoms with van der Waals surface area (Å²) in [5, 5.41) is 0. The summed E-state index contributed by atoms with van der Waals surface area (Å²) in [6.45, 7) is 0. The van der Waals surface area contributed by atoms with Crippen LogP contribution in [-0.2, 0) is 9.53 Å². The number of carbonyl (C=O) groups is 2. The van der Waals surface area contributed by atoms with Crippen molar-refractivity contribution in [2.75, 3.05) is 7.11 Å². The molecule has 1 rings (SSSR count). The average Bonchev–Trinajstić information content (AvgIpc) is 2.34. The van der Waals surface area contributed by atoms with Crippen LogP contribution in [0.4, 0.5) is 13.2 Å². The number of hydrogen-bond donors (Lipinski definition) is 0. The van der Waals surface area contributed by atoms with Crippen LogP contribution >= 0.6 is 0 Å². The second-order valence-corrected chi connectivity index (χ2v) is 3.12. The second kappa shape index (κ2) is 5.44. The Hall–Kier alpha value is -2.18. The highest BCUT2D eigenvalue weighted by Gasteiger charge is 2.42. The number of aliphatic imine (C=N–C) groups is 1. The van der Waals surface area contributed by atoms with Gasteiger partial charge in [-0.3, -0.25) is 4.79 Å². The topological polar surface area (TPSA) is 55.7 Å². The van der Waals surface area contributed by atoms with Crippen molar-refractivity contribution < 1.29 is 27.5 Å². The van der Waals surface area contributed by atoms with Gasteiger partial charge in [-0.25, -0.2) is 4.79 Å². The van der Waals surface area contributed by atoms with Crippen molar-refractivity contribution in [2.45, 2.75) is 6.18 Å². The van der Waals surface area contributed by atoms with Crippen molar-refractivity contribution in [3.05, 3.63) is 35.9 Å². The van der Waals surface area contributed by atoms with Gasteiger partial charge in [0.2, 0.25) is 5.71 Å². The van der Waals surface area contributed by atoms with Crippen molar-refractivity contribution in [3.63, 3.8) is 0 Å². The predicted octanol–water partition coefficient (Wildman–Crippen LogP) is 2.00. The van der Waals surface area contributed by atoms with E-state index >= 15 is 0 Å². The number of ether oxygens (including phenoxy) is 1. The minimum atomic E-state index is -5.04. The minimum Gasteiger partial charge on any atom is -0.464 e. The molecule has 0 aliphatic carbocycles. The molecule has 0 N–H and O–H groups in total. The van der Waals surface area contributed by atoms with Gasteiger partial charge in [0.25, 0.3) is 5.91 Å². The van der Waals surface area contributed by atoms with E-state index in [1.165, 1.54) is 24.3 Å². The van der Waals surface area contributed by atoms with Gasteiger partial charge in [0.1, 0.15) is 0 Å². The van der Waals surface area contributed by atoms with Crippen molar-refractivity contribution in [3.8, 4) is 0 Å². The average molecular weight is 259 g/mol. The van der Waals surface area contributed by atoms with Crippen LogP contribution in [0.25, 0.3) is 0 Å². The molecule has 0 bridgehead atoms. The van der Waals surface area contributed by atoms with E-state index in [4.69, 9.17) is 0 Å². The lowest BCUT2D eigenvalue weighted by Crippen LogP contribution is -2.33. The summed E-state index contributed by atoms with van der Waals surface area (Å²) in [6, 6.07) is 7.10. The Kier molecular flexibility index (Phi) is 4.19. The molecule has 4 nitrogen and oxygen atoms in total. The molecule has 0 spiro atoms. The van der Waals surface area contributed by atoms with E-state index < -0.39 is 23.8 Å². The molecule has 1 aromatic carbocycles. The number of amides is 1. The van der Waals surface area contributed by atoms with Gasteiger partial charge in [0, 0.05) is 5.56 Å². The zero-order valence-electron chi connectivity index (χ0n) is 9.19. The van der Waals surface area contributed by atoms with E-state index in [0.29, 0.717) is 0 Å². The molecule has 18 heavy (non-hydrogen) atoms. The monoisotopic (exact) mass is 259 g/mol. The summed E-state index contributed by atoms with van der Waals surface area (Å²) in [4.78, 5) is 25.1. The molecule has 0 saturated heterocycles. The number of methoxy groups -OCH3 is 1. The molecule has 0 atom stereocenters. The lowest BCUT2D eigenvalue weighted by Gasteiger charge is -2.07. The summed E-state index contributed by atoms with van der Waals surface area (Å²) in [7, 11) is 0.774. The molecule has 0 unspecified atom stereocenters. The minimum absolute atomic E-state index is 0.0526. The number of carbonyl (C=O) groups excluding carboxylic acids is 2. The zero-order valence-corrected chi connectivity index (χ0v) is 9.19. The third-order valence-electron chi connectivity index (χ3n) is 1.88. The number of alkyl halides is 3. The molecule has 0 aliphatic rings. The maximum Gasteiger partial charge on any atom is 0.440 e. The molecule has 96 valence electrons. The third-order valence-corrected chi connectivity index (χ3v) is 1.88. The van der Waals surface area contributed by atoms with E-state index in [-0.39, 0.29) is 5.56 Å². The van der Waals surface area contributed by atoms with Crippen LogP contribution in [0.3, 0.4) is 0 Å². The Morgan fingerprint density at radius 3 is 2.17 bits per heavy atom. The van der Waals surface area contributed by atoms with Crippen molar-refractivity contribution in [1.82, 2.24) is 0 Å². The van der Waals surface area contributed by atoms with E-state index in [2.05, 4.69) is 9.73 Å². The highest BCUT2D eigenvalue weighted by atomic mass is 19.4. The first-order valence-electron chi connectivity index (χ1n) is 4.70. The first kappa shape index (κ1) is 13.9. The number of halogens is 3. The molecule has 0 saturated carbocycles. The highest BCUT2D eigenvalue weighted by molar-refractivity contribution is 6.40. The van der Waals surface area contributed by atoms with E-state index in [0.717, 1.165) is 7.11 Å². The molecule has 1 amide bonds. The first-order chi connectivity index (χ1) is 8.36. The Bertz CT molecular complexity index is 480. The smallest absolute Gasteiger partial charge is 0.440 e. The summed E-state index contributed by atoms with van der Waals surface area (Å²) in [6.07, 6.45) is -5.04. The van der Waals surface area contributed by atoms with Gasteiger partial charge in [-0.15, -0.1) is 0 Å². The maximum absolute atomic E-state index is 12.4. The number of rotatable bonds is 2. The van der Waals surface area contributed by atoms with Crippen LogP contribution in [0.15, 0.2) is 35.3 Å². The quantitative estimate of drug-likeness (QED) is 0.603. The summed E-state index contributed by atoms with van der Waals surface area (Å²) >= 11 is 0. The summed E-state index contributed by atoms with van der Waals surface area (Å²) < 4.78 is 41.3. The fourth-order valence-corrected chi connectivity index (χ4v) is 1.07. The molecule has 0 heterocycles. The second-order valence-electron chi connectivity index (χ2n) is 3.12. The van der Waals surface area contributed by atoms with Crippen LogP contribution in [0, 0.1) is 0 Å². The van der Waals surface area contributed by atoms with Crippen molar-refractivity contribution in [1.29, 1.82) is 0 Å². The normalized spacial score (nSPS) is 12.1. The van der Waals surface area contributed by atoms with Crippen LogP contribution in [0.1, 0.15) is 10.4 Å². The molecule has 0 fully saturated rings. The maximum atomic E-state index is 12.4. The van der Waals surface area contributed by atoms with Gasteiger partial charge in [0.15, 0.2) is 0 Å². The number of esters is 1. The molecular formula is C11H8F3NO3. The van der Waals surface area contributed by atoms with Crippen LogP contribution in [-0.4, -0.2) is 30.9 Å². The lowest BCUT2D eigenvalue weighted by atomic mass is 10.2. The lowest BCUT2D eigenvalue weighted by molar-refractivity contribution is -0.137. The SMILES string of the molecule is COC(=O)/C(=N/C(=O)c1ccccc1)C(F)(F)F. The van der Waals surface area contributed by atoms with Crippen LogP contribution < -0.4 is 0 Å². The molecule has 1 aromatic rings. The van der Waals surface area contributed by atoms with Gasteiger partial charge >= 0.3 is 12.1 Å². The van der Waals surface area contributed by atoms with Gasteiger partial charge in [0.05, 0.1) is 7.11 Å².